The Labute approximate surface area is 173 Å². The van der Waals surface area contributed by atoms with E-state index in [9.17, 15) is 4.79 Å². The molecule has 156 valence electrons. The minimum absolute atomic E-state index is 0.115. The van der Waals surface area contributed by atoms with E-state index in [1.807, 2.05) is 6.92 Å². The second-order valence-electron chi connectivity index (χ2n) is 7.36. The number of aromatic nitrogens is 1. The molecule has 6 heteroatoms. The summed E-state index contributed by atoms with van der Waals surface area (Å²) < 4.78 is 5.43. The predicted octanol–water partition coefficient (Wildman–Crippen LogP) is 2.81. The van der Waals surface area contributed by atoms with E-state index < -0.39 is 0 Å². The normalized spacial score (nSPS) is 15.2. The zero-order valence-corrected chi connectivity index (χ0v) is 17.3. The highest BCUT2D eigenvalue weighted by molar-refractivity contribution is 5.96. The van der Waals surface area contributed by atoms with E-state index in [1.165, 1.54) is 5.56 Å². The maximum Gasteiger partial charge on any atom is 0.256 e. The molecule has 1 aromatic heterocycles. The fourth-order valence-corrected chi connectivity index (χ4v) is 3.59. The fraction of sp³-hybridized carbons (Fsp3) is 0.478. The van der Waals surface area contributed by atoms with Crippen LogP contribution in [0, 0.1) is 0 Å². The van der Waals surface area contributed by atoms with Gasteiger partial charge in [-0.05, 0) is 44.0 Å². The van der Waals surface area contributed by atoms with Crippen molar-refractivity contribution in [2.24, 2.45) is 0 Å². The first-order chi connectivity index (χ1) is 14.3. The minimum Gasteiger partial charge on any atom is -0.477 e. The molecule has 1 aliphatic rings. The molecule has 0 atom stereocenters. The van der Waals surface area contributed by atoms with Gasteiger partial charge in [-0.1, -0.05) is 30.3 Å². The van der Waals surface area contributed by atoms with Gasteiger partial charge in [0.05, 0.1) is 6.61 Å². The van der Waals surface area contributed by atoms with Crippen LogP contribution >= 0.6 is 0 Å². The largest absolute Gasteiger partial charge is 0.477 e. The van der Waals surface area contributed by atoms with Crippen molar-refractivity contribution in [3.05, 3.63) is 59.8 Å². The van der Waals surface area contributed by atoms with Crippen molar-refractivity contribution in [1.82, 2.24) is 20.1 Å². The smallest absolute Gasteiger partial charge is 0.256 e. The summed E-state index contributed by atoms with van der Waals surface area (Å²) >= 11 is 0. The van der Waals surface area contributed by atoms with Crippen LogP contribution in [-0.2, 0) is 6.54 Å². The van der Waals surface area contributed by atoms with Crippen LogP contribution in [0.1, 0.15) is 35.7 Å². The Kier molecular flexibility index (Phi) is 8.46. The van der Waals surface area contributed by atoms with E-state index in [4.69, 9.17) is 4.74 Å². The molecule has 0 saturated carbocycles. The molecule has 2 heterocycles. The number of ether oxygens (including phenoxy) is 1. The molecule has 1 saturated heterocycles. The highest BCUT2D eigenvalue weighted by Gasteiger charge is 2.16. The van der Waals surface area contributed by atoms with Gasteiger partial charge in [0.25, 0.3) is 5.91 Å². The van der Waals surface area contributed by atoms with Gasteiger partial charge in [0, 0.05) is 45.5 Å². The van der Waals surface area contributed by atoms with E-state index in [-0.39, 0.29) is 5.91 Å². The van der Waals surface area contributed by atoms with E-state index in [0.717, 1.165) is 52.1 Å². The Balaban J connectivity index is 1.29. The highest BCUT2D eigenvalue weighted by atomic mass is 16.5. The van der Waals surface area contributed by atoms with Gasteiger partial charge in [-0.2, -0.15) is 0 Å². The standard InChI is InChI=1S/C23H32N4O2/c1-2-29-23-21(11-8-13-25-23)22(28)24-12-6-7-14-26-15-17-27(18-16-26)19-20-9-4-3-5-10-20/h3-5,8-11,13H,2,6-7,12,14-19H2,1H3,(H,24,28). The van der Waals surface area contributed by atoms with Gasteiger partial charge in [0.2, 0.25) is 5.88 Å². The lowest BCUT2D eigenvalue weighted by atomic mass is 10.2. The molecule has 0 spiro atoms. The summed E-state index contributed by atoms with van der Waals surface area (Å²) in [7, 11) is 0. The number of hydrogen-bond donors (Lipinski definition) is 1. The number of pyridine rings is 1. The zero-order chi connectivity index (χ0) is 20.3. The number of carbonyl (C=O) groups excluding carboxylic acids is 1. The van der Waals surface area contributed by atoms with Gasteiger partial charge in [-0.15, -0.1) is 0 Å². The van der Waals surface area contributed by atoms with Gasteiger partial charge < -0.3 is 15.0 Å². The van der Waals surface area contributed by atoms with Crippen molar-refractivity contribution in [3.63, 3.8) is 0 Å². The Morgan fingerprint density at radius 1 is 1.03 bits per heavy atom. The molecule has 2 aromatic rings. The first-order valence-corrected chi connectivity index (χ1v) is 10.6. The summed E-state index contributed by atoms with van der Waals surface area (Å²) in [5.74, 6) is 0.289. The van der Waals surface area contributed by atoms with E-state index in [1.54, 1.807) is 18.3 Å². The number of benzene rings is 1. The Bertz CT molecular complexity index is 746. The quantitative estimate of drug-likeness (QED) is 0.626. The zero-order valence-electron chi connectivity index (χ0n) is 17.3. The molecule has 29 heavy (non-hydrogen) atoms. The van der Waals surface area contributed by atoms with Gasteiger partial charge in [0.15, 0.2) is 0 Å². The van der Waals surface area contributed by atoms with Crippen LogP contribution in [-0.4, -0.2) is 66.6 Å². The van der Waals surface area contributed by atoms with Crippen LogP contribution in [0.4, 0.5) is 0 Å². The maximum atomic E-state index is 12.3. The Morgan fingerprint density at radius 2 is 1.79 bits per heavy atom. The summed E-state index contributed by atoms with van der Waals surface area (Å²) in [5.41, 5.74) is 1.89. The maximum absolute atomic E-state index is 12.3. The van der Waals surface area contributed by atoms with Crippen molar-refractivity contribution in [2.75, 3.05) is 45.9 Å². The molecule has 0 aliphatic carbocycles. The van der Waals surface area contributed by atoms with Crippen LogP contribution in [0.5, 0.6) is 5.88 Å². The van der Waals surface area contributed by atoms with Crippen LogP contribution in [0.25, 0.3) is 0 Å². The molecule has 1 amide bonds. The number of rotatable bonds is 10. The number of amides is 1. The molecule has 1 fully saturated rings. The average molecular weight is 397 g/mol. The van der Waals surface area contributed by atoms with E-state index in [2.05, 4.69) is 50.4 Å². The third kappa shape index (κ3) is 6.84. The average Bonchev–Trinajstić information content (AvgIpc) is 2.76. The van der Waals surface area contributed by atoms with Gasteiger partial charge in [-0.25, -0.2) is 4.98 Å². The summed E-state index contributed by atoms with van der Waals surface area (Å²) in [4.78, 5) is 21.5. The Morgan fingerprint density at radius 3 is 2.55 bits per heavy atom. The molecule has 1 aromatic carbocycles. The second-order valence-corrected chi connectivity index (χ2v) is 7.36. The van der Waals surface area contributed by atoms with Crippen molar-refractivity contribution >= 4 is 5.91 Å². The Hall–Kier alpha value is -2.44. The summed E-state index contributed by atoms with van der Waals surface area (Å²) in [6, 6.07) is 14.2. The minimum atomic E-state index is -0.115. The molecule has 1 N–H and O–H groups in total. The van der Waals surface area contributed by atoms with Crippen molar-refractivity contribution in [1.29, 1.82) is 0 Å². The molecular weight excluding hydrogens is 364 g/mol. The monoisotopic (exact) mass is 396 g/mol. The molecule has 0 unspecified atom stereocenters. The first kappa shape index (κ1) is 21.3. The number of carbonyl (C=O) groups is 1. The summed E-state index contributed by atoms with van der Waals surface area (Å²) in [6.07, 6.45) is 3.70. The number of hydrogen-bond acceptors (Lipinski definition) is 5. The number of nitrogens with zero attached hydrogens (tertiary/aromatic N) is 3. The SMILES string of the molecule is CCOc1ncccc1C(=O)NCCCCN1CCN(Cc2ccccc2)CC1. The molecular formula is C23H32N4O2. The van der Waals surface area contributed by atoms with Crippen LogP contribution in [0.15, 0.2) is 48.7 Å². The lowest BCUT2D eigenvalue weighted by Crippen LogP contribution is -2.46. The summed E-state index contributed by atoms with van der Waals surface area (Å²) in [6.45, 7) is 9.66. The van der Waals surface area contributed by atoms with Crippen LogP contribution < -0.4 is 10.1 Å². The third-order valence-corrected chi connectivity index (χ3v) is 5.20. The second kappa shape index (κ2) is 11.5. The van der Waals surface area contributed by atoms with Gasteiger partial charge in [-0.3, -0.25) is 9.69 Å². The van der Waals surface area contributed by atoms with Crippen molar-refractivity contribution in [2.45, 2.75) is 26.3 Å². The highest BCUT2D eigenvalue weighted by Crippen LogP contribution is 2.14. The molecule has 1 aliphatic heterocycles. The number of nitrogens with one attached hydrogen (secondary N) is 1. The lowest BCUT2D eigenvalue weighted by Gasteiger charge is -2.34. The number of piperazine rings is 1. The summed E-state index contributed by atoms with van der Waals surface area (Å²) in [5, 5.41) is 2.98. The van der Waals surface area contributed by atoms with Gasteiger partial charge in [0.1, 0.15) is 5.56 Å². The van der Waals surface area contributed by atoms with Crippen molar-refractivity contribution in [3.8, 4) is 5.88 Å². The predicted molar refractivity (Wildman–Crippen MR) is 115 cm³/mol. The third-order valence-electron chi connectivity index (χ3n) is 5.20. The molecule has 0 bridgehead atoms. The molecule has 0 radical (unpaired) electrons. The van der Waals surface area contributed by atoms with Crippen LogP contribution in [0.3, 0.4) is 0 Å². The molecule has 3 rings (SSSR count). The molecule has 6 nitrogen and oxygen atoms in total. The topological polar surface area (TPSA) is 57.7 Å². The van der Waals surface area contributed by atoms with E-state index >= 15 is 0 Å². The first-order valence-electron chi connectivity index (χ1n) is 10.6. The van der Waals surface area contributed by atoms with Gasteiger partial charge >= 0.3 is 0 Å². The van der Waals surface area contributed by atoms with E-state index in [0.29, 0.717) is 24.6 Å². The lowest BCUT2D eigenvalue weighted by molar-refractivity contribution is 0.0946. The van der Waals surface area contributed by atoms with Crippen LogP contribution in [0.2, 0.25) is 0 Å². The number of unbranched alkanes of at least 4 members (excludes halogenated alkanes) is 1. The fourth-order valence-electron chi connectivity index (χ4n) is 3.59. The van der Waals surface area contributed by atoms with Crippen molar-refractivity contribution < 1.29 is 9.53 Å².